The van der Waals surface area contributed by atoms with Gasteiger partial charge in [-0.15, -0.1) is 11.8 Å². The van der Waals surface area contributed by atoms with Crippen LogP contribution in [-0.2, 0) is 10.2 Å². The number of thioether (sulfide) groups is 1. The number of aromatic nitrogens is 2. The van der Waals surface area contributed by atoms with Crippen molar-refractivity contribution in [2.75, 3.05) is 10.8 Å². The van der Waals surface area contributed by atoms with Crippen LogP contribution in [0.15, 0.2) is 107 Å². The molecule has 0 radical (unpaired) electrons. The van der Waals surface area contributed by atoms with Crippen LogP contribution < -0.4 is 5.01 Å². The maximum Gasteiger partial charge on any atom is 0.280 e. The molecule has 4 aromatic rings. The average Bonchev–Trinajstić information content (AvgIpc) is 3.59. The molecule has 4 bridgehead atoms. The SMILES string of the molecule is Cc1ccc(SCC2=NN(c3ccccc3)C(=O)/C2=C\c2cn(-c3ccccc3)nc2C23CC4CC(CC(C4)C2)C3)cc1. The van der Waals surface area contributed by atoms with Crippen LogP contribution in [0, 0.1) is 24.7 Å². The molecule has 5 nitrogen and oxygen atoms in total. The van der Waals surface area contributed by atoms with Crippen molar-refractivity contribution in [2.45, 2.75) is 55.8 Å². The van der Waals surface area contributed by atoms with E-state index >= 15 is 0 Å². The highest BCUT2D eigenvalue weighted by Crippen LogP contribution is 2.61. The van der Waals surface area contributed by atoms with E-state index < -0.39 is 0 Å². The normalized spacial score (nSPS) is 26.9. The second-order valence-corrected chi connectivity index (χ2v) is 14.1. The lowest BCUT2D eigenvalue weighted by atomic mass is 9.48. The molecule has 5 aliphatic rings. The first kappa shape index (κ1) is 26.7. The summed E-state index contributed by atoms with van der Waals surface area (Å²) < 4.78 is 2.03. The minimum Gasteiger partial charge on any atom is -0.267 e. The maximum absolute atomic E-state index is 14.1. The monoisotopic (exact) mass is 584 g/mol. The maximum atomic E-state index is 14.1. The standard InChI is InChI=1S/C37H36N4OS/c1-25-12-14-32(15-13-25)43-24-34-33(36(42)41(38-34)31-10-6-3-7-11-31)19-29-23-40(30-8-4-2-5-9-30)39-35(29)37-20-26-16-27(21-37)18-28(17-26)22-37/h2-15,19,23,26-28H,16-18,20-22,24H2,1H3/b33-19-. The molecule has 0 atom stereocenters. The van der Waals surface area contributed by atoms with Gasteiger partial charge in [-0.2, -0.15) is 15.2 Å². The van der Waals surface area contributed by atoms with Crippen LogP contribution in [0.1, 0.15) is 55.3 Å². The summed E-state index contributed by atoms with van der Waals surface area (Å²) >= 11 is 1.72. The molecule has 43 heavy (non-hydrogen) atoms. The van der Waals surface area contributed by atoms with Crippen LogP contribution in [0.2, 0.25) is 0 Å². The summed E-state index contributed by atoms with van der Waals surface area (Å²) in [5.41, 5.74) is 6.89. The molecule has 3 aromatic carbocycles. The van der Waals surface area contributed by atoms with Gasteiger partial charge in [0.25, 0.3) is 5.91 Å². The summed E-state index contributed by atoms with van der Waals surface area (Å²) in [5.74, 6) is 2.95. The lowest BCUT2D eigenvalue weighted by Crippen LogP contribution is -2.49. The summed E-state index contributed by atoms with van der Waals surface area (Å²) in [6, 6.07) is 28.7. The molecule has 0 spiro atoms. The Morgan fingerprint density at radius 1 is 0.837 bits per heavy atom. The van der Waals surface area contributed by atoms with Gasteiger partial charge in [-0.05, 0) is 106 Å². The predicted molar refractivity (Wildman–Crippen MR) is 175 cm³/mol. The van der Waals surface area contributed by atoms with E-state index in [1.54, 1.807) is 16.8 Å². The van der Waals surface area contributed by atoms with Crippen molar-refractivity contribution in [1.82, 2.24) is 9.78 Å². The largest absolute Gasteiger partial charge is 0.280 e. The number of hydrogen-bond donors (Lipinski definition) is 0. The van der Waals surface area contributed by atoms with E-state index in [2.05, 4.69) is 67.7 Å². The highest BCUT2D eigenvalue weighted by Gasteiger charge is 2.53. The fourth-order valence-electron chi connectivity index (χ4n) is 8.41. The van der Waals surface area contributed by atoms with Gasteiger partial charge in [0.05, 0.1) is 28.4 Å². The summed E-state index contributed by atoms with van der Waals surface area (Å²) in [4.78, 5) is 15.3. The van der Waals surface area contributed by atoms with E-state index in [0.29, 0.717) is 11.3 Å². The van der Waals surface area contributed by atoms with Crippen molar-refractivity contribution in [3.63, 3.8) is 0 Å². The average molecular weight is 585 g/mol. The van der Waals surface area contributed by atoms with E-state index in [4.69, 9.17) is 10.2 Å². The third-order valence-electron chi connectivity index (χ3n) is 9.96. The van der Waals surface area contributed by atoms with Gasteiger partial charge in [0, 0.05) is 27.8 Å². The number of anilines is 1. The zero-order valence-corrected chi connectivity index (χ0v) is 25.3. The number of benzene rings is 3. The number of hydrogen-bond acceptors (Lipinski definition) is 4. The quantitative estimate of drug-likeness (QED) is 0.162. The minimum absolute atomic E-state index is 0.0744. The molecule has 0 N–H and O–H groups in total. The number of carbonyl (C=O) groups is 1. The number of nitrogens with zero attached hydrogens (tertiary/aromatic N) is 4. The van der Waals surface area contributed by atoms with Gasteiger partial charge in [0.1, 0.15) is 0 Å². The Labute approximate surface area is 257 Å². The van der Waals surface area contributed by atoms with Gasteiger partial charge in [-0.1, -0.05) is 54.1 Å². The van der Waals surface area contributed by atoms with Crippen molar-refractivity contribution >= 4 is 35.1 Å². The van der Waals surface area contributed by atoms with Crippen molar-refractivity contribution in [3.05, 3.63) is 114 Å². The van der Waals surface area contributed by atoms with Gasteiger partial charge in [0.2, 0.25) is 0 Å². The number of para-hydroxylation sites is 2. The molecule has 1 aliphatic heterocycles. The van der Waals surface area contributed by atoms with E-state index in [-0.39, 0.29) is 11.3 Å². The molecule has 9 rings (SSSR count). The molecule has 4 aliphatic carbocycles. The van der Waals surface area contributed by atoms with E-state index in [0.717, 1.165) is 40.4 Å². The van der Waals surface area contributed by atoms with E-state index in [1.807, 2.05) is 41.1 Å². The zero-order valence-electron chi connectivity index (χ0n) is 24.5. The van der Waals surface area contributed by atoms with Crippen LogP contribution in [0.25, 0.3) is 11.8 Å². The summed E-state index contributed by atoms with van der Waals surface area (Å²) in [6.45, 7) is 2.10. The van der Waals surface area contributed by atoms with Crippen LogP contribution in [-0.4, -0.2) is 27.2 Å². The molecule has 4 fully saturated rings. The molecular formula is C37H36N4OS. The number of amides is 1. The smallest absolute Gasteiger partial charge is 0.267 e. The fraction of sp³-hybridized carbons (Fsp3) is 0.324. The van der Waals surface area contributed by atoms with Crippen molar-refractivity contribution in [2.24, 2.45) is 22.9 Å². The van der Waals surface area contributed by atoms with Crippen LogP contribution in [0.5, 0.6) is 0 Å². The Hall–Kier alpha value is -3.90. The first-order valence-electron chi connectivity index (χ1n) is 15.6. The Balaban J connectivity index is 1.22. The highest BCUT2D eigenvalue weighted by molar-refractivity contribution is 8.00. The molecule has 2 heterocycles. The van der Waals surface area contributed by atoms with Crippen LogP contribution in [0.4, 0.5) is 5.69 Å². The Morgan fingerprint density at radius 2 is 1.44 bits per heavy atom. The van der Waals surface area contributed by atoms with Gasteiger partial charge in [-0.25, -0.2) is 4.68 Å². The van der Waals surface area contributed by atoms with Crippen molar-refractivity contribution < 1.29 is 4.79 Å². The minimum atomic E-state index is -0.0744. The Kier molecular flexibility index (Phi) is 6.63. The van der Waals surface area contributed by atoms with Gasteiger partial charge >= 0.3 is 0 Å². The van der Waals surface area contributed by atoms with Crippen LogP contribution in [0.3, 0.4) is 0 Å². The lowest BCUT2D eigenvalue weighted by Gasteiger charge is -2.56. The second kappa shape index (κ2) is 10.7. The van der Waals surface area contributed by atoms with Gasteiger partial charge < -0.3 is 0 Å². The molecule has 0 saturated heterocycles. The summed E-state index contributed by atoms with van der Waals surface area (Å²) in [5, 5.41) is 11.8. The fourth-order valence-corrected chi connectivity index (χ4v) is 9.26. The number of aryl methyl sites for hydroxylation is 1. The molecule has 216 valence electrons. The van der Waals surface area contributed by atoms with Crippen molar-refractivity contribution in [1.29, 1.82) is 0 Å². The third-order valence-corrected chi connectivity index (χ3v) is 11.0. The topological polar surface area (TPSA) is 50.5 Å². The van der Waals surface area contributed by atoms with E-state index in [9.17, 15) is 4.79 Å². The summed E-state index contributed by atoms with van der Waals surface area (Å²) in [6.07, 6.45) is 12.1. The lowest BCUT2D eigenvalue weighted by molar-refractivity contribution is -0.114. The van der Waals surface area contributed by atoms with Crippen LogP contribution >= 0.6 is 11.8 Å². The molecule has 4 saturated carbocycles. The van der Waals surface area contributed by atoms with Crippen molar-refractivity contribution in [3.8, 4) is 5.69 Å². The Morgan fingerprint density at radius 3 is 2.07 bits per heavy atom. The molecule has 1 amide bonds. The number of carbonyl (C=O) groups excluding carboxylic acids is 1. The Bertz CT molecular complexity index is 1690. The third kappa shape index (κ3) is 4.96. The molecule has 0 unspecified atom stereocenters. The molecular weight excluding hydrogens is 549 g/mol. The molecule has 6 heteroatoms. The zero-order chi connectivity index (χ0) is 29.0. The highest BCUT2D eigenvalue weighted by atomic mass is 32.2. The second-order valence-electron chi connectivity index (χ2n) is 13.1. The number of hydrazone groups is 1. The first-order chi connectivity index (χ1) is 21.0. The first-order valence-corrected chi connectivity index (χ1v) is 16.6. The molecule has 1 aromatic heterocycles. The van der Waals surface area contributed by atoms with Gasteiger partial charge in [-0.3, -0.25) is 4.79 Å². The van der Waals surface area contributed by atoms with Gasteiger partial charge in [0.15, 0.2) is 0 Å². The van der Waals surface area contributed by atoms with E-state index in [1.165, 1.54) is 54.7 Å². The predicted octanol–water partition coefficient (Wildman–Crippen LogP) is 8.23. The summed E-state index contributed by atoms with van der Waals surface area (Å²) in [7, 11) is 0. The number of rotatable bonds is 7.